The van der Waals surface area contributed by atoms with Crippen LogP contribution < -0.4 is 11.0 Å². The zero-order valence-electron chi connectivity index (χ0n) is 10.5. The molecule has 0 radical (unpaired) electrons. The first kappa shape index (κ1) is 12.2. The summed E-state index contributed by atoms with van der Waals surface area (Å²) < 4.78 is 3.58. The lowest BCUT2D eigenvalue weighted by Gasteiger charge is -2.07. The van der Waals surface area contributed by atoms with Gasteiger partial charge in [0.1, 0.15) is 0 Å². The molecule has 0 saturated heterocycles. The minimum atomic E-state index is 0.101. The second-order valence-electron chi connectivity index (χ2n) is 4.77. The molecule has 0 unspecified atom stereocenters. The lowest BCUT2D eigenvalue weighted by atomic mass is 10.3. The average molecular weight is 235 g/mol. The molecule has 2 rings (SSSR count). The van der Waals surface area contributed by atoms with Gasteiger partial charge in [-0.25, -0.2) is 4.79 Å². The molecule has 1 fully saturated rings. The van der Waals surface area contributed by atoms with Crippen molar-refractivity contribution < 1.29 is 0 Å². The molecule has 4 heteroatoms. The molecule has 1 aliphatic rings. The van der Waals surface area contributed by atoms with Crippen LogP contribution in [-0.2, 0) is 6.54 Å². The normalized spacial score (nSPS) is 15.1. The highest BCUT2D eigenvalue weighted by atomic mass is 16.1. The van der Waals surface area contributed by atoms with Crippen LogP contribution in [0.25, 0.3) is 0 Å². The van der Waals surface area contributed by atoms with Crippen LogP contribution in [0.3, 0.4) is 0 Å². The van der Waals surface area contributed by atoms with E-state index in [1.165, 1.54) is 0 Å². The summed E-state index contributed by atoms with van der Waals surface area (Å²) in [6.07, 6.45) is 7.16. The van der Waals surface area contributed by atoms with E-state index in [9.17, 15) is 4.79 Å². The first-order chi connectivity index (χ1) is 8.22. The van der Waals surface area contributed by atoms with Crippen LogP contribution in [0.5, 0.6) is 0 Å². The molecule has 0 bridgehead atoms. The number of hydrogen-bond donors (Lipinski definition) is 1. The second kappa shape index (κ2) is 5.36. The summed E-state index contributed by atoms with van der Waals surface area (Å²) in [5.74, 6) is 0. The zero-order valence-corrected chi connectivity index (χ0v) is 10.5. The van der Waals surface area contributed by atoms with E-state index in [4.69, 9.17) is 0 Å². The molecule has 1 heterocycles. The van der Waals surface area contributed by atoms with Crippen molar-refractivity contribution in [2.75, 3.05) is 13.1 Å². The Balaban J connectivity index is 1.90. The van der Waals surface area contributed by atoms with Gasteiger partial charge in [-0.2, -0.15) is 0 Å². The van der Waals surface area contributed by atoms with Gasteiger partial charge in [-0.15, -0.1) is 0 Å². The largest absolute Gasteiger partial charge is 0.328 e. The van der Waals surface area contributed by atoms with Gasteiger partial charge in [0.25, 0.3) is 0 Å². The van der Waals surface area contributed by atoms with Crippen LogP contribution in [0.1, 0.15) is 32.2 Å². The van der Waals surface area contributed by atoms with Crippen LogP contribution in [0.15, 0.2) is 29.3 Å². The van der Waals surface area contributed by atoms with Gasteiger partial charge in [-0.3, -0.25) is 9.13 Å². The van der Waals surface area contributed by atoms with Crippen molar-refractivity contribution in [1.29, 1.82) is 0 Å². The minimum Gasteiger partial charge on any atom is -0.313 e. The van der Waals surface area contributed by atoms with Gasteiger partial charge in [0.15, 0.2) is 0 Å². The van der Waals surface area contributed by atoms with Crippen molar-refractivity contribution in [2.24, 2.45) is 0 Å². The number of hydrogen-bond acceptors (Lipinski definition) is 2. The summed E-state index contributed by atoms with van der Waals surface area (Å²) in [5.41, 5.74) is 1.15. The molecule has 0 spiro atoms. The lowest BCUT2D eigenvalue weighted by Crippen LogP contribution is -2.26. The van der Waals surface area contributed by atoms with E-state index in [-0.39, 0.29) is 5.69 Å². The first-order valence-corrected chi connectivity index (χ1v) is 6.37. The summed E-state index contributed by atoms with van der Waals surface area (Å²) in [6.45, 7) is 8.54. The van der Waals surface area contributed by atoms with Crippen LogP contribution >= 0.6 is 0 Å². The Morgan fingerprint density at radius 1 is 1.53 bits per heavy atom. The molecule has 4 nitrogen and oxygen atoms in total. The zero-order chi connectivity index (χ0) is 12.3. The van der Waals surface area contributed by atoms with Gasteiger partial charge in [-0.05, 0) is 31.4 Å². The van der Waals surface area contributed by atoms with Gasteiger partial charge >= 0.3 is 5.69 Å². The molecular formula is C13H21N3O. The maximum Gasteiger partial charge on any atom is 0.328 e. The lowest BCUT2D eigenvalue weighted by molar-refractivity contribution is 0.631. The fourth-order valence-electron chi connectivity index (χ4n) is 1.92. The van der Waals surface area contributed by atoms with Gasteiger partial charge < -0.3 is 5.32 Å². The molecule has 0 aliphatic heterocycles. The van der Waals surface area contributed by atoms with E-state index >= 15 is 0 Å². The Bertz CT molecular complexity index is 440. The van der Waals surface area contributed by atoms with Gasteiger partial charge in [-0.1, -0.05) is 13.5 Å². The average Bonchev–Trinajstić information content (AvgIpc) is 3.07. The summed E-state index contributed by atoms with van der Waals surface area (Å²) in [7, 11) is 0. The van der Waals surface area contributed by atoms with Crippen molar-refractivity contribution in [2.45, 2.75) is 38.8 Å². The van der Waals surface area contributed by atoms with Crippen LogP contribution in [0, 0.1) is 0 Å². The molecule has 0 atom stereocenters. The number of nitrogens with zero attached hydrogens (tertiary/aromatic N) is 2. The van der Waals surface area contributed by atoms with Crippen molar-refractivity contribution in [3.8, 4) is 0 Å². The van der Waals surface area contributed by atoms with E-state index in [1.54, 1.807) is 4.57 Å². The van der Waals surface area contributed by atoms with E-state index in [0.717, 1.165) is 37.9 Å². The Labute approximate surface area is 102 Å². The Morgan fingerprint density at radius 3 is 2.94 bits per heavy atom. The third-order valence-electron chi connectivity index (χ3n) is 3.01. The fraction of sp³-hybridized carbons (Fsp3) is 0.615. The summed E-state index contributed by atoms with van der Waals surface area (Å²) in [5, 5.41) is 3.29. The Hall–Kier alpha value is -1.29. The van der Waals surface area contributed by atoms with Gasteiger partial charge in [0, 0.05) is 31.5 Å². The van der Waals surface area contributed by atoms with Crippen LogP contribution in [-0.4, -0.2) is 22.2 Å². The third-order valence-corrected chi connectivity index (χ3v) is 3.01. The Morgan fingerprint density at radius 2 is 2.29 bits per heavy atom. The van der Waals surface area contributed by atoms with Crippen LogP contribution in [0.4, 0.5) is 0 Å². The fourth-order valence-corrected chi connectivity index (χ4v) is 1.92. The van der Waals surface area contributed by atoms with E-state index < -0.39 is 0 Å². The van der Waals surface area contributed by atoms with E-state index in [1.807, 2.05) is 17.0 Å². The van der Waals surface area contributed by atoms with Crippen molar-refractivity contribution >= 4 is 0 Å². The predicted molar refractivity (Wildman–Crippen MR) is 69.3 cm³/mol. The first-order valence-electron chi connectivity index (χ1n) is 6.37. The van der Waals surface area contributed by atoms with Gasteiger partial charge in [0.2, 0.25) is 0 Å². The molecule has 94 valence electrons. The third kappa shape index (κ3) is 3.09. The Kier molecular flexibility index (Phi) is 3.84. The molecule has 1 aromatic heterocycles. The number of nitrogens with one attached hydrogen (secondary N) is 1. The molecule has 1 N–H and O–H groups in total. The van der Waals surface area contributed by atoms with Gasteiger partial charge in [0.05, 0.1) is 0 Å². The minimum absolute atomic E-state index is 0.101. The van der Waals surface area contributed by atoms with Crippen molar-refractivity contribution in [3.63, 3.8) is 0 Å². The highest BCUT2D eigenvalue weighted by molar-refractivity contribution is 5.00. The molecule has 1 saturated carbocycles. The topological polar surface area (TPSA) is 39.0 Å². The van der Waals surface area contributed by atoms with E-state index in [0.29, 0.717) is 12.6 Å². The summed E-state index contributed by atoms with van der Waals surface area (Å²) in [4.78, 5) is 12.0. The second-order valence-corrected chi connectivity index (χ2v) is 4.77. The van der Waals surface area contributed by atoms with E-state index in [2.05, 4.69) is 18.8 Å². The molecule has 1 aromatic rings. The predicted octanol–water partition coefficient (Wildman–Crippen LogP) is 1.54. The maximum atomic E-state index is 12.0. The highest BCUT2D eigenvalue weighted by Gasteiger charge is 2.25. The number of imidazole rings is 1. The standard InChI is InChI=1S/C13H21N3O/c1-3-6-14-9-11(2)10-15-7-8-16(13(15)17)12-4-5-12/h7-8,12,14H,2-6,9-10H2,1H3. The smallest absolute Gasteiger partial charge is 0.313 e. The maximum absolute atomic E-state index is 12.0. The van der Waals surface area contributed by atoms with Crippen LogP contribution in [0.2, 0.25) is 0 Å². The monoisotopic (exact) mass is 235 g/mol. The molecular weight excluding hydrogens is 214 g/mol. The number of rotatable bonds is 7. The summed E-state index contributed by atoms with van der Waals surface area (Å²) >= 11 is 0. The molecule has 0 amide bonds. The molecule has 17 heavy (non-hydrogen) atoms. The quantitative estimate of drug-likeness (QED) is 0.575. The SMILES string of the molecule is C=C(CNCCC)Cn1ccn(C2CC2)c1=O. The van der Waals surface area contributed by atoms with Crippen molar-refractivity contribution in [3.05, 3.63) is 35.0 Å². The summed E-state index contributed by atoms with van der Waals surface area (Å²) in [6, 6.07) is 0.454. The number of aromatic nitrogens is 2. The van der Waals surface area contributed by atoms with Crippen molar-refractivity contribution in [1.82, 2.24) is 14.5 Å². The molecule has 1 aliphatic carbocycles. The highest BCUT2D eigenvalue weighted by Crippen LogP contribution is 2.33. The molecule has 0 aromatic carbocycles.